The molecule has 4 rings (SSSR count). The number of carboxylic acids is 2. The number of nitrogens with one attached hydrogen (secondary N) is 4. The zero-order chi connectivity index (χ0) is 42.7. The molecule has 1 fully saturated rings. The number of carbonyl (C=O) groups excluding carboxylic acids is 5. The molecule has 16 heteroatoms. The van der Waals surface area contributed by atoms with E-state index in [1.165, 1.54) is 29.2 Å². The molecule has 1 aliphatic carbocycles. The van der Waals surface area contributed by atoms with E-state index in [1.54, 1.807) is 32.9 Å². The maximum absolute atomic E-state index is 14.4. The van der Waals surface area contributed by atoms with Gasteiger partial charge in [-0.25, -0.2) is 14.4 Å². The fourth-order valence-electron chi connectivity index (χ4n) is 7.21. The van der Waals surface area contributed by atoms with Gasteiger partial charge in [0.25, 0.3) is 5.91 Å². The van der Waals surface area contributed by atoms with Crippen LogP contribution in [0, 0.1) is 11.3 Å². The van der Waals surface area contributed by atoms with Gasteiger partial charge in [0.2, 0.25) is 11.8 Å². The van der Waals surface area contributed by atoms with Crippen LogP contribution in [0.4, 0.5) is 16.2 Å². The fraction of sp³-hybridized carbons (Fsp3) is 0.548. The van der Waals surface area contributed by atoms with Crippen LogP contribution in [0.2, 0.25) is 0 Å². The number of aromatic hydroxyl groups is 1. The van der Waals surface area contributed by atoms with Crippen LogP contribution in [0.15, 0.2) is 48.5 Å². The Hall–Kier alpha value is -5.67. The Morgan fingerprint density at radius 2 is 1.43 bits per heavy atom. The number of anilines is 2. The van der Waals surface area contributed by atoms with Crippen molar-refractivity contribution in [3.8, 4) is 5.75 Å². The number of phenols is 1. The van der Waals surface area contributed by atoms with Crippen molar-refractivity contribution in [3.63, 3.8) is 0 Å². The molecule has 0 aromatic heterocycles. The number of Topliss-reactive ketones (excluding diaryl/α,β-unsaturated/α-hetero) is 1. The monoisotopic (exact) mass is 806 g/mol. The van der Waals surface area contributed by atoms with Crippen LogP contribution in [-0.4, -0.2) is 100 Å². The number of amides is 5. The number of rotatable bonds is 17. The summed E-state index contributed by atoms with van der Waals surface area (Å²) < 4.78 is 0. The largest absolute Gasteiger partial charge is 0.508 e. The van der Waals surface area contributed by atoms with Gasteiger partial charge in [0, 0.05) is 30.8 Å². The van der Waals surface area contributed by atoms with Crippen molar-refractivity contribution in [1.29, 1.82) is 0 Å². The Morgan fingerprint density at radius 3 is 2.02 bits per heavy atom. The summed E-state index contributed by atoms with van der Waals surface area (Å²) in [5.74, 6) is -5.13. The molecule has 1 heterocycles. The zero-order valence-corrected chi connectivity index (χ0v) is 34.0. The van der Waals surface area contributed by atoms with Crippen molar-refractivity contribution >= 4 is 52.8 Å². The molecule has 2 aromatic rings. The molecule has 2 aliphatic rings. The van der Waals surface area contributed by atoms with Gasteiger partial charge >= 0.3 is 18.0 Å². The molecule has 0 saturated heterocycles. The molecule has 0 radical (unpaired) electrons. The molecule has 58 heavy (non-hydrogen) atoms. The summed E-state index contributed by atoms with van der Waals surface area (Å²) in [6, 6.07) is 7.22. The highest BCUT2D eigenvalue weighted by Crippen LogP contribution is 2.37. The molecule has 0 spiro atoms. The van der Waals surface area contributed by atoms with E-state index in [-0.39, 0.29) is 55.8 Å². The summed E-state index contributed by atoms with van der Waals surface area (Å²) in [6.07, 6.45) is 4.12. The predicted molar refractivity (Wildman–Crippen MR) is 216 cm³/mol. The number of carbonyl (C=O) groups is 7. The van der Waals surface area contributed by atoms with E-state index in [9.17, 15) is 48.9 Å². The smallest absolute Gasteiger partial charge is 0.326 e. The standard InChI is InChI=1S/C42H58N6O10/c1-25(2)21-30(37(52)44-29(39(54)55)19-20-36(51)43-31(40(56)57)22-26-15-17-28(49)18-16-26)45-41(58)46-32-23-47(27-11-7-6-8-12-27)33-13-9-10-14-34(33)48(38(32)53)24-35(50)42(3,4)5/h9-10,13-18,25,27,29-32,49H,6-8,11-12,19-24H2,1-5H3,(H,43,51)(H,44,52)(H,54,55)(H,56,57)(H2,45,46,58)/t29-,30+,31+,32-/m1/s1. The highest BCUT2D eigenvalue weighted by atomic mass is 16.4. The summed E-state index contributed by atoms with van der Waals surface area (Å²) in [7, 11) is 0. The third-order valence-electron chi connectivity index (χ3n) is 10.5. The summed E-state index contributed by atoms with van der Waals surface area (Å²) in [5, 5.41) is 39.3. The Bertz CT molecular complexity index is 1800. The minimum atomic E-state index is -1.56. The van der Waals surface area contributed by atoms with Gasteiger partial charge < -0.3 is 46.4 Å². The molecule has 7 N–H and O–H groups in total. The van der Waals surface area contributed by atoms with Gasteiger partial charge in [-0.05, 0) is 61.4 Å². The first-order chi connectivity index (χ1) is 27.3. The van der Waals surface area contributed by atoms with Crippen molar-refractivity contribution in [2.24, 2.45) is 11.3 Å². The van der Waals surface area contributed by atoms with Crippen molar-refractivity contribution in [2.45, 2.75) is 123 Å². The van der Waals surface area contributed by atoms with Gasteiger partial charge in [-0.2, -0.15) is 0 Å². The van der Waals surface area contributed by atoms with Crippen molar-refractivity contribution in [3.05, 3.63) is 54.1 Å². The molecule has 5 amide bonds. The lowest BCUT2D eigenvalue weighted by Crippen LogP contribution is -2.59. The molecule has 2 aromatic carbocycles. The highest BCUT2D eigenvalue weighted by molar-refractivity contribution is 6.07. The molecule has 0 unspecified atom stereocenters. The zero-order valence-electron chi connectivity index (χ0n) is 34.0. The number of hydrogen-bond donors (Lipinski definition) is 7. The summed E-state index contributed by atoms with van der Waals surface area (Å²) >= 11 is 0. The highest BCUT2D eigenvalue weighted by Gasteiger charge is 2.40. The van der Waals surface area contributed by atoms with Gasteiger partial charge in [-0.3, -0.25) is 19.2 Å². The number of nitrogens with zero attached hydrogens (tertiary/aromatic N) is 2. The summed E-state index contributed by atoms with van der Waals surface area (Å²) in [5.41, 5.74) is 1.16. The Kier molecular flexibility index (Phi) is 15.6. The second kappa shape index (κ2) is 20.1. The maximum atomic E-state index is 14.4. The Labute approximate surface area is 339 Å². The minimum absolute atomic E-state index is 0.00713. The summed E-state index contributed by atoms with van der Waals surface area (Å²) in [6.45, 7) is 8.88. The predicted octanol–water partition coefficient (Wildman–Crippen LogP) is 3.74. The number of hydrogen-bond acceptors (Lipinski definition) is 9. The van der Waals surface area contributed by atoms with Crippen LogP contribution in [-0.2, 0) is 35.2 Å². The minimum Gasteiger partial charge on any atom is -0.508 e. The number of ketones is 1. The average Bonchev–Trinajstić information content (AvgIpc) is 3.27. The molecule has 16 nitrogen and oxygen atoms in total. The van der Waals surface area contributed by atoms with Gasteiger partial charge in [0.15, 0.2) is 5.78 Å². The molecule has 1 aliphatic heterocycles. The van der Waals surface area contributed by atoms with E-state index in [4.69, 9.17) is 0 Å². The molecule has 316 valence electrons. The van der Waals surface area contributed by atoms with Crippen LogP contribution < -0.4 is 31.1 Å². The third kappa shape index (κ3) is 12.7. The van der Waals surface area contributed by atoms with E-state index in [2.05, 4.69) is 26.2 Å². The first-order valence-corrected chi connectivity index (χ1v) is 19.9. The number of carboxylic acid groups (broad SMARTS) is 2. The van der Waals surface area contributed by atoms with Gasteiger partial charge in [-0.15, -0.1) is 0 Å². The fourth-order valence-corrected chi connectivity index (χ4v) is 7.21. The number of para-hydroxylation sites is 2. The lowest BCUT2D eigenvalue weighted by molar-refractivity contribution is -0.143. The van der Waals surface area contributed by atoms with E-state index in [0.29, 0.717) is 11.3 Å². The Balaban J connectivity index is 1.47. The first-order valence-electron chi connectivity index (χ1n) is 19.9. The second-order valence-corrected chi connectivity index (χ2v) is 16.6. The number of urea groups is 1. The normalized spacial score (nSPS) is 17.6. The lowest BCUT2D eigenvalue weighted by Gasteiger charge is -2.37. The number of aliphatic carboxylic acids is 2. The molecule has 1 saturated carbocycles. The van der Waals surface area contributed by atoms with Crippen LogP contribution in [0.1, 0.15) is 91.5 Å². The molecule has 0 bridgehead atoms. The first kappa shape index (κ1) is 45.0. The van der Waals surface area contributed by atoms with E-state index < -0.39 is 71.7 Å². The van der Waals surface area contributed by atoms with Crippen molar-refractivity contribution in [1.82, 2.24) is 21.3 Å². The van der Waals surface area contributed by atoms with Gasteiger partial charge in [0.05, 0.1) is 17.9 Å². The lowest BCUT2D eigenvalue weighted by atomic mass is 9.90. The van der Waals surface area contributed by atoms with Crippen LogP contribution >= 0.6 is 0 Å². The Morgan fingerprint density at radius 1 is 0.810 bits per heavy atom. The maximum Gasteiger partial charge on any atom is 0.326 e. The van der Waals surface area contributed by atoms with Crippen LogP contribution in [0.5, 0.6) is 5.75 Å². The molecular formula is C42H58N6O10. The third-order valence-corrected chi connectivity index (χ3v) is 10.5. The number of phenolic OH excluding ortho intramolecular Hbond substituents is 1. The quantitative estimate of drug-likeness (QED) is 0.122. The number of benzene rings is 2. The van der Waals surface area contributed by atoms with Gasteiger partial charge in [0.1, 0.15) is 29.9 Å². The summed E-state index contributed by atoms with van der Waals surface area (Å²) in [4.78, 5) is 95.5. The van der Waals surface area contributed by atoms with Crippen molar-refractivity contribution < 1.29 is 48.9 Å². The second-order valence-electron chi connectivity index (χ2n) is 16.6. The average molecular weight is 807 g/mol. The number of fused-ring (bicyclic) bond motifs is 1. The SMILES string of the molecule is CC(C)C[C@H](NC(=O)N[C@@H]1CN(C2CCCCC2)c2ccccc2N(CC(=O)C(C)(C)C)C1=O)C(=O)N[C@H](CCC(=O)N[C@@H](Cc1ccc(O)cc1)C(=O)O)C(=O)O. The van der Waals surface area contributed by atoms with E-state index >= 15 is 0 Å². The van der Waals surface area contributed by atoms with E-state index in [0.717, 1.165) is 37.8 Å². The molecular weight excluding hydrogens is 748 g/mol. The van der Waals surface area contributed by atoms with E-state index in [1.807, 2.05) is 26.0 Å². The van der Waals surface area contributed by atoms with Crippen molar-refractivity contribution in [2.75, 3.05) is 22.9 Å². The van der Waals surface area contributed by atoms with Gasteiger partial charge in [-0.1, -0.05) is 78.1 Å². The molecule has 4 atom stereocenters. The van der Waals surface area contributed by atoms with Crippen LogP contribution in [0.25, 0.3) is 0 Å². The van der Waals surface area contributed by atoms with Crippen LogP contribution in [0.3, 0.4) is 0 Å². The topological polar surface area (TPSA) is 235 Å².